The molecule has 1 N–H and O–H groups in total. The fraction of sp³-hybridized carbons (Fsp3) is 0.615. The molecule has 2 aromatic heterocycles. The van der Waals surface area contributed by atoms with E-state index >= 15 is 0 Å². The van der Waals surface area contributed by atoms with Gasteiger partial charge in [0.1, 0.15) is 5.82 Å². The zero-order chi connectivity index (χ0) is 22.4. The van der Waals surface area contributed by atoms with Crippen LogP contribution in [0.4, 0.5) is 0 Å². The van der Waals surface area contributed by atoms with Crippen molar-refractivity contribution in [2.45, 2.75) is 70.5 Å². The van der Waals surface area contributed by atoms with Crippen molar-refractivity contribution in [2.75, 3.05) is 13.1 Å². The molecule has 2 aliphatic heterocycles. The van der Waals surface area contributed by atoms with Crippen molar-refractivity contribution in [1.82, 2.24) is 24.8 Å². The molecule has 0 radical (unpaired) electrons. The summed E-state index contributed by atoms with van der Waals surface area (Å²) in [6.45, 7) is 3.12. The molecule has 174 valence electrons. The molecule has 33 heavy (non-hydrogen) atoms. The van der Waals surface area contributed by atoms with Crippen LogP contribution in [0.5, 0.6) is 0 Å². The maximum atomic E-state index is 13.5. The number of nitrogens with zero attached hydrogens (tertiary/aromatic N) is 4. The number of carbonyl (C=O) groups is 1. The second kappa shape index (κ2) is 8.67. The van der Waals surface area contributed by atoms with Gasteiger partial charge in [0.15, 0.2) is 0 Å². The lowest BCUT2D eigenvalue weighted by Gasteiger charge is -2.36. The third-order valence-corrected chi connectivity index (χ3v) is 8.37. The molecule has 2 aromatic rings. The second-order valence-corrected chi connectivity index (χ2v) is 10.4. The fourth-order valence-corrected chi connectivity index (χ4v) is 6.58. The largest absolute Gasteiger partial charge is 0.332 e. The van der Waals surface area contributed by atoms with Gasteiger partial charge >= 0.3 is 0 Å². The van der Waals surface area contributed by atoms with Gasteiger partial charge in [-0.1, -0.05) is 12.8 Å². The number of likely N-dealkylation sites (tertiary alicyclic amines) is 1. The SMILES string of the molecule is O=C(C1[C@H]2CCCC[C@H]12)N1CCCC[C@@H]1c1nc2c(c(=O)[nH]1)CCN(Cc1ccncc1)C2. The van der Waals surface area contributed by atoms with Crippen LogP contribution in [0.1, 0.15) is 73.6 Å². The summed E-state index contributed by atoms with van der Waals surface area (Å²) in [5.41, 5.74) is 2.89. The van der Waals surface area contributed by atoms with Crippen molar-refractivity contribution in [1.29, 1.82) is 0 Å². The van der Waals surface area contributed by atoms with E-state index in [1.807, 2.05) is 24.5 Å². The Kier molecular flexibility index (Phi) is 5.52. The fourth-order valence-electron chi connectivity index (χ4n) is 6.58. The minimum absolute atomic E-state index is 0.0170. The van der Waals surface area contributed by atoms with E-state index in [9.17, 15) is 9.59 Å². The number of hydrogen-bond acceptors (Lipinski definition) is 5. The van der Waals surface area contributed by atoms with Crippen LogP contribution in [0.2, 0.25) is 0 Å². The Balaban J connectivity index is 1.23. The normalized spacial score (nSPS) is 29.3. The number of hydrogen-bond donors (Lipinski definition) is 1. The zero-order valence-corrected chi connectivity index (χ0v) is 19.2. The van der Waals surface area contributed by atoms with Crippen LogP contribution < -0.4 is 5.56 Å². The number of nitrogens with one attached hydrogen (secondary N) is 1. The minimum Gasteiger partial charge on any atom is -0.332 e. The summed E-state index contributed by atoms with van der Waals surface area (Å²) in [5, 5.41) is 0. The highest BCUT2D eigenvalue weighted by atomic mass is 16.2. The minimum atomic E-state index is -0.0949. The van der Waals surface area contributed by atoms with E-state index < -0.39 is 0 Å². The average Bonchev–Trinajstić information content (AvgIpc) is 3.58. The number of rotatable bonds is 4. The van der Waals surface area contributed by atoms with Crippen LogP contribution in [-0.2, 0) is 24.3 Å². The Hall–Kier alpha value is -2.54. The molecular weight excluding hydrogens is 414 g/mol. The Morgan fingerprint density at radius 2 is 1.79 bits per heavy atom. The van der Waals surface area contributed by atoms with Crippen molar-refractivity contribution >= 4 is 5.91 Å². The maximum Gasteiger partial charge on any atom is 0.254 e. The van der Waals surface area contributed by atoms with Crippen molar-refractivity contribution in [3.63, 3.8) is 0 Å². The Labute approximate surface area is 194 Å². The second-order valence-electron chi connectivity index (χ2n) is 10.4. The number of fused-ring (bicyclic) bond motifs is 2. The zero-order valence-electron chi connectivity index (χ0n) is 19.2. The molecule has 0 bridgehead atoms. The Bertz CT molecular complexity index is 1070. The molecule has 1 amide bonds. The first-order valence-corrected chi connectivity index (χ1v) is 12.7. The summed E-state index contributed by atoms with van der Waals surface area (Å²) in [4.78, 5) is 43.1. The third-order valence-electron chi connectivity index (χ3n) is 8.37. The number of aromatic nitrogens is 3. The van der Waals surface area contributed by atoms with Gasteiger partial charge < -0.3 is 9.88 Å². The van der Waals surface area contributed by atoms with Gasteiger partial charge in [-0.3, -0.25) is 19.5 Å². The predicted molar refractivity (Wildman–Crippen MR) is 124 cm³/mol. The molecule has 0 spiro atoms. The van der Waals surface area contributed by atoms with Gasteiger partial charge in [0.05, 0.1) is 11.7 Å². The summed E-state index contributed by atoms with van der Waals surface area (Å²) in [7, 11) is 0. The highest BCUT2D eigenvalue weighted by Gasteiger charge is 2.56. The topological polar surface area (TPSA) is 82.2 Å². The number of aromatic amines is 1. The van der Waals surface area contributed by atoms with Crippen molar-refractivity contribution < 1.29 is 4.79 Å². The highest BCUT2D eigenvalue weighted by molar-refractivity contribution is 5.83. The first kappa shape index (κ1) is 21.0. The van der Waals surface area contributed by atoms with Gasteiger partial charge in [-0.25, -0.2) is 4.98 Å². The highest BCUT2D eigenvalue weighted by Crippen LogP contribution is 2.56. The average molecular weight is 448 g/mol. The van der Waals surface area contributed by atoms with Crippen LogP contribution >= 0.6 is 0 Å². The van der Waals surface area contributed by atoms with E-state index in [1.165, 1.54) is 31.2 Å². The number of piperidine rings is 1. The van der Waals surface area contributed by atoms with E-state index in [4.69, 9.17) is 4.98 Å². The van der Waals surface area contributed by atoms with Gasteiger partial charge in [-0.15, -0.1) is 0 Å². The van der Waals surface area contributed by atoms with Crippen LogP contribution in [-0.4, -0.2) is 43.7 Å². The molecule has 4 aliphatic rings. The molecule has 0 unspecified atom stereocenters. The molecule has 2 aliphatic carbocycles. The van der Waals surface area contributed by atoms with Crippen molar-refractivity contribution in [2.24, 2.45) is 17.8 Å². The summed E-state index contributed by atoms with van der Waals surface area (Å²) in [5.74, 6) is 2.43. The number of pyridine rings is 1. The summed E-state index contributed by atoms with van der Waals surface area (Å²) < 4.78 is 0. The molecule has 1 saturated heterocycles. The smallest absolute Gasteiger partial charge is 0.254 e. The van der Waals surface area contributed by atoms with Gasteiger partial charge in [-0.2, -0.15) is 0 Å². The van der Waals surface area contributed by atoms with Gasteiger partial charge in [0.2, 0.25) is 5.91 Å². The molecular formula is C26H33N5O2. The first-order valence-electron chi connectivity index (χ1n) is 12.7. The van der Waals surface area contributed by atoms with E-state index in [-0.39, 0.29) is 17.5 Å². The number of amides is 1. The van der Waals surface area contributed by atoms with E-state index in [1.54, 1.807) is 0 Å². The molecule has 6 rings (SSSR count). The molecule has 2 saturated carbocycles. The monoisotopic (exact) mass is 447 g/mol. The van der Waals surface area contributed by atoms with Crippen LogP contribution in [0.15, 0.2) is 29.3 Å². The van der Waals surface area contributed by atoms with Crippen LogP contribution in [0.3, 0.4) is 0 Å². The van der Waals surface area contributed by atoms with Crippen LogP contribution in [0.25, 0.3) is 0 Å². The summed E-state index contributed by atoms with van der Waals surface area (Å²) in [6.07, 6.45) is 12.3. The molecule has 0 aromatic carbocycles. The third kappa shape index (κ3) is 4.01. The lowest BCUT2D eigenvalue weighted by Crippen LogP contribution is -2.42. The lowest BCUT2D eigenvalue weighted by molar-refractivity contribution is -0.137. The van der Waals surface area contributed by atoms with Gasteiger partial charge in [0, 0.05) is 50.1 Å². The van der Waals surface area contributed by atoms with Crippen LogP contribution in [0, 0.1) is 17.8 Å². The van der Waals surface area contributed by atoms with Crippen molar-refractivity contribution in [3.05, 3.63) is 57.5 Å². The molecule has 4 heterocycles. The Morgan fingerprint density at radius 1 is 1.03 bits per heavy atom. The predicted octanol–water partition coefficient (Wildman–Crippen LogP) is 3.21. The maximum absolute atomic E-state index is 13.5. The molecule has 7 heteroatoms. The molecule has 7 nitrogen and oxygen atoms in total. The molecule has 3 atom stereocenters. The van der Waals surface area contributed by atoms with Gasteiger partial charge in [-0.05, 0) is 68.1 Å². The molecule has 3 fully saturated rings. The first-order chi connectivity index (χ1) is 16.2. The van der Waals surface area contributed by atoms with Gasteiger partial charge in [0.25, 0.3) is 5.56 Å². The quantitative estimate of drug-likeness (QED) is 0.778. The lowest BCUT2D eigenvalue weighted by atomic mass is 9.99. The van der Waals surface area contributed by atoms with E-state index in [0.717, 1.165) is 50.2 Å². The standard InChI is InChI=1S/C26H33N5O2/c32-25-20-10-14-30(15-17-8-11-27-12-9-17)16-21(20)28-24(29-25)22-7-3-4-13-31(22)26(33)23-18-5-1-2-6-19(18)23/h8-9,11-12,18-19,22-23H,1-7,10,13-16H2,(H,28,29,32)/t18-,19-,22+/m0/s1. The summed E-state index contributed by atoms with van der Waals surface area (Å²) >= 11 is 0. The summed E-state index contributed by atoms with van der Waals surface area (Å²) in [6, 6.07) is 3.97. The number of H-pyrrole nitrogens is 1. The Morgan fingerprint density at radius 3 is 2.58 bits per heavy atom. The van der Waals surface area contributed by atoms with E-state index in [0.29, 0.717) is 36.5 Å². The van der Waals surface area contributed by atoms with Crippen molar-refractivity contribution in [3.8, 4) is 0 Å². The van der Waals surface area contributed by atoms with E-state index in [2.05, 4.69) is 19.8 Å². The number of carbonyl (C=O) groups excluding carboxylic acids is 1.